The summed E-state index contributed by atoms with van der Waals surface area (Å²) < 4.78 is 0. The summed E-state index contributed by atoms with van der Waals surface area (Å²) in [5.41, 5.74) is 7.58. The van der Waals surface area contributed by atoms with Crippen LogP contribution in [0.4, 0.5) is 5.82 Å². The molecular weight excluding hydrogens is 270 g/mol. The smallest absolute Gasteiger partial charge is 0.139 e. The molecule has 2 aromatic rings. The Morgan fingerprint density at radius 2 is 2.15 bits per heavy atom. The Kier molecular flexibility index (Phi) is 3.54. The molecule has 5 heteroatoms. The van der Waals surface area contributed by atoms with Crippen molar-refractivity contribution in [1.82, 2.24) is 4.98 Å². The standard InChI is InChI=1S/C15H17N3OS/c16-14(20)12-9-10-3-1-2-4-13(10)17-15(12)18(7-8-19)11-5-6-11/h1-4,9,11,19H,5-8H2,(H2,16,20). The van der Waals surface area contributed by atoms with Crippen LogP contribution in [0.3, 0.4) is 0 Å². The number of fused-ring (bicyclic) bond motifs is 1. The highest BCUT2D eigenvalue weighted by molar-refractivity contribution is 7.80. The summed E-state index contributed by atoms with van der Waals surface area (Å²) in [6.07, 6.45) is 2.26. The zero-order chi connectivity index (χ0) is 14.1. The van der Waals surface area contributed by atoms with E-state index in [-0.39, 0.29) is 6.61 Å². The minimum absolute atomic E-state index is 0.0990. The van der Waals surface area contributed by atoms with Gasteiger partial charge >= 0.3 is 0 Å². The number of rotatable bonds is 5. The highest BCUT2D eigenvalue weighted by Crippen LogP contribution is 2.33. The highest BCUT2D eigenvalue weighted by atomic mass is 32.1. The first kappa shape index (κ1) is 13.3. The van der Waals surface area contributed by atoms with Crippen molar-refractivity contribution >= 4 is 33.9 Å². The Morgan fingerprint density at radius 1 is 1.40 bits per heavy atom. The molecule has 1 aliphatic carbocycles. The molecule has 0 saturated heterocycles. The van der Waals surface area contributed by atoms with Gasteiger partial charge in [0.1, 0.15) is 10.8 Å². The van der Waals surface area contributed by atoms with Gasteiger partial charge in [-0.1, -0.05) is 30.4 Å². The van der Waals surface area contributed by atoms with Gasteiger partial charge in [-0.15, -0.1) is 0 Å². The van der Waals surface area contributed by atoms with Crippen LogP contribution in [0.15, 0.2) is 30.3 Å². The second-order valence-corrected chi connectivity index (χ2v) is 5.50. The molecule has 0 amide bonds. The maximum Gasteiger partial charge on any atom is 0.139 e. The van der Waals surface area contributed by atoms with E-state index in [2.05, 4.69) is 4.90 Å². The number of hydrogen-bond donors (Lipinski definition) is 2. The molecule has 0 unspecified atom stereocenters. The zero-order valence-corrected chi connectivity index (χ0v) is 11.9. The van der Waals surface area contributed by atoms with Gasteiger partial charge in [0.05, 0.1) is 17.7 Å². The van der Waals surface area contributed by atoms with E-state index in [1.807, 2.05) is 30.3 Å². The van der Waals surface area contributed by atoms with Gasteiger partial charge in [-0.25, -0.2) is 4.98 Å². The van der Waals surface area contributed by atoms with E-state index in [1.165, 1.54) is 0 Å². The fourth-order valence-corrected chi connectivity index (χ4v) is 2.61. The molecule has 0 bridgehead atoms. The minimum Gasteiger partial charge on any atom is -0.395 e. The fourth-order valence-electron chi connectivity index (χ4n) is 2.46. The van der Waals surface area contributed by atoms with Gasteiger partial charge < -0.3 is 15.7 Å². The molecule has 20 heavy (non-hydrogen) atoms. The Balaban J connectivity index is 2.15. The van der Waals surface area contributed by atoms with Crippen molar-refractivity contribution in [3.05, 3.63) is 35.9 Å². The number of benzene rings is 1. The van der Waals surface area contributed by atoms with Gasteiger partial charge in [0.15, 0.2) is 0 Å². The number of aliphatic hydroxyl groups excluding tert-OH is 1. The summed E-state index contributed by atoms with van der Waals surface area (Å²) in [5, 5.41) is 10.3. The lowest BCUT2D eigenvalue weighted by molar-refractivity contribution is 0.301. The summed E-state index contributed by atoms with van der Waals surface area (Å²) in [6, 6.07) is 10.4. The molecule has 0 spiro atoms. The van der Waals surface area contributed by atoms with Gasteiger partial charge in [-0.2, -0.15) is 0 Å². The minimum atomic E-state index is 0.0990. The lowest BCUT2D eigenvalue weighted by Crippen LogP contribution is -2.32. The Hall–Kier alpha value is -1.72. The first-order valence-electron chi connectivity index (χ1n) is 6.78. The van der Waals surface area contributed by atoms with E-state index in [0.29, 0.717) is 17.6 Å². The van der Waals surface area contributed by atoms with E-state index < -0.39 is 0 Å². The lowest BCUT2D eigenvalue weighted by Gasteiger charge is -2.25. The molecule has 1 fully saturated rings. The van der Waals surface area contributed by atoms with Crippen LogP contribution in [0.5, 0.6) is 0 Å². The summed E-state index contributed by atoms with van der Waals surface area (Å²) >= 11 is 5.17. The number of aromatic nitrogens is 1. The van der Waals surface area contributed by atoms with Crippen LogP contribution in [0.2, 0.25) is 0 Å². The number of nitrogens with zero attached hydrogens (tertiary/aromatic N) is 2. The van der Waals surface area contributed by atoms with Crippen LogP contribution in [-0.2, 0) is 0 Å². The zero-order valence-electron chi connectivity index (χ0n) is 11.1. The van der Waals surface area contributed by atoms with Crippen LogP contribution >= 0.6 is 12.2 Å². The number of hydrogen-bond acceptors (Lipinski definition) is 4. The predicted molar refractivity (Wildman–Crippen MR) is 85.1 cm³/mol. The van der Waals surface area contributed by atoms with Gasteiger partial charge in [0.25, 0.3) is 0 Å². The molecule has 1 aromatic carbocycles. The van der Waals surface area contributed by atoms with E-state index in [9.17, 15) is 5.11 Å². The molecule has 0 radical (unpaired) electrons. The highest BCUT2D eigenvalue weighted by Gasteiger charge is 2.31. The van der Waals surface area contributed by atoms with Gasteiger partial charge in [0, 0.05) is 18.0 Å². The van der Waals surface area contributed by atoms with Crippen molar-refractivity contribution in [1.29, 1.82) is 0 Å². The third-order valence-corrected chi connectivity index (χ3v) is 3.79. The first-order valence-corrected chi connectivity index (χ1v) is 7.18. The summed E-state index contributed by atoms with van der Waals surface area (Å²) in [4.78, 5) is 7.20. The van der Waals surface area contributed by atoms with Crippen molar-refractivity contribution < 1.29 is 5.11 Å². The Morgan fingerprint density at radius 3 is 2.80 bits per heavy atom. The van der Waals surface area contributed by atoms with Crippen molar-refractivity contribution in [3.63, 3.8) is 0 Å². The van der Waals surface area contributed by atoms with E-state index in [0.717, 1.165) is 35.1 Å². The number of pyridine rings is 1. The fraction of sp³-hybridized carbons (Fsp3) is 0.333. The molecule has 0 aliphatic heterocycles. The average Bonchev–Trinajstić information content (AvgIpc) is 3.28. The molecule has 3 N–H and O–H groups in total. The van der Waals surface area contributed by atoms with E-state index >= 15 is 0 Å². The maximum absolute atomic E-state index is 9.28. The molecule has 0 atom stereocenters. The molecule has 3 rings (SSSR count). The summed E-state index contributed by atoms with van der Waals surface area (Å²) in [7, 11) is 0. The summed E-state index contributed by atoms with van der Waals surface area (Å²) in [5.74, 6) is 0.799. The molecule has 1 aliphatic rings. The number of nitrogens with two attached hydrogens (primary N) is 1. The van der Waals surface area contributed by atoms with Crippen LogP contribution in [0, 0.1) is 0 Å². The van der Waals surface area contributed by atoms with Crippen LogP contribution in [-0.4, -0.2) is 34.3 Å². The van der Waals surface area contributed by atoms with Crippen LogP contribution < -0.4 is 10.6 Å². The lowest BCUT2D eigenvalue weighted by atomic mass is 10.1. The Bertz CT molecular complexity index is 655. The molecule has 1 heterocycles. The second-order valence-electron chi connectivity index (χ2n) is 5.06. The molecule has 4 nitrogen and oxygen atoms in total. The number of anilines is 1. The van der Waals surface area contributed by atoms with E-state index in [4.69, 9.17) is 22.9 Å². The van der Waals surface area contributed by atoms with Gasteiger partial charge in [-0.3, -0.25) is 0 Å². The first-order chi connectivity index (χ1) is 9.70. The molecular formula is C15H17N3OS. The number of para-hydroxylation sites is 1. The Labute approximate surface area is 123 Å². The van der Waals surface area contributed by atoms with Crippen LogP contribution in [0.1, 0.15) is 18.4 Å². The van der Waals surface area contributed by atoms with Crippen molar-refractivity contribution in [2.75, 3.05) is 18.1 Å². The largest absolute Gasteiger partial charge is 0.395 e. The predicted octanol–water partition coefficient (Wildman–Crippen LogP) is 1.83. The van der Waals surface area contributed by atoms with E-state index in [1.54, 1.807) is 0 Å². The van der Waals surface area contributed by atoms with Gasteiger partial charge in [-0.05, 0) is 25.0 Å². The monoisotopic (exact) mass is 287 g/mol. The second kappa shape index (κ2) is 5.34. The maximum atomic E-state index is 9.28. The number of thiocarbonyl (C=S) groups is 1. The van der Waals surface area contributed by atoms with Crippen molar-refractivity contribution in [2.45, 2.75) is 18.9 Å². The topological polar surface area (TPSA) is 62.4 Å². The molecule has 1 saturated carbocycles. The van der Waals surface area contributed by atoms with Crippen LogP contribution in [0.25, 0.3) is 10.9 Å². The molecule has 1 aromatic heterocycles. The normalized spacial score (nSPS) is 14.4. The van der Waals surface area contributed by atoms with Gasteiger partial charge in [0.2, 0.25) is 0 Å². The summed E-state index contributed by atoms with van der Waals surface area (Å²) in [6.45, 7) is 0.660. The SMILES string of the molecule is NC(=S)c1cc2ccccc2nc1N(CCO)C1CC1. The van der Waals surface area contributed by atoms with Crippen molar-refractivity contribution in [2.24, 2.45) is 5.73 Å². The van der Waals surface area contributed by atoms with Crippen molar-refractivity contribution in [3.8, 4) is 0 Å². The quantitative estimate of drug-likeness (QED) is 0.822. The number of aliphatic hydroxyl groups is 1. The average molecular weight is 287 g/mol. The molecule has 104 valence electrons. The third-order valence-electron chi connectivity index (χ3n) is 3.57. The third kappa shape index (κ3) is 2.46.